The normalized spacial score (nSPS) is 10.0. The molecule has 126 valence electrons. The highest BCUT2D eigenvalue weighted by Gasteiger charge is 2.09. The van der Waals surface area contributed by atoms with Crippen molar-refractivity contribution in [2.24, 2.45) is 0 Å². The SMILES string of the molecule is CC(=O)Nc1cccc(NC(=O)COC(=O)CCc2ccsc2)c1. The molecule has 24 heavy (non-hydrogen) atoms. The van der Waals surface area contributed by atoms with Gasteiger partial charge >= 0.3 is 5.97 Å². The quantitative estimate of drug-likeness (QED) is 0.755. The second-order valence-electron chi connectivity index (χ2n) is 5.10. The van der Waals surface area contributed by atoms with Crippen molar-refractivity contribution in [3.05, 3.63) is 46.7 Å². The number of ether oxygens (including phenoxy) is 1. The molecule has 6 nitrogen and oxygen atoms in total. The van der Waals surface area contributed by atoms with Gasteiger partial charge in [-0.25, -0.2) is 0 Å². The van der Waals surface area contributed by atoms with Crippen molar-refractivity contribution in [3.63, 3.8) is 0 Å². The second kappa shape index (κ2) is 8.83. The molecule has 0 bridgehead atoms. The number of benzene rings is 1. The van der Waals surface area contributed by atoms with Crippen molar-refractivity contribution in [3.8, 4) is 0 Å². The Morgan fingerprint density at radius 1 is 1.12 bits per heavy atom. The summed E-state index contributed by atoms with van der Waals surface area (Å²) in [6, 6.07) is 8.67. The van der Waals surface area contributed by atoms with E-state index in [9.17, 15) is 14.4 Å². The molecule has 0 atom stereocenters. The van der Waals surface area contributed by atoms with Gasteiger partial charge in [-0.2, -0.15) is 11.3 Å². The summed E-state index contributed by atoms with van der Waals surface area (Å²) in [5, 5.41) is 9.16. The summed E-state index contributed by atoms with van der Waals surface area (Å²) in [5.74, 6) is -1.04. The van der Waals surface area contributed by atoms with Crippen molar-refractivity contribution < 1.29 is 19.1 Å². The van der Waals surface area contributed by atoms with Crippen LogP contribution in [0.2, 0.25) is 0 Å². The number of rotatable bonds is 7. The lowest BCUT2D eigenvalue weighted by Gasteiger charge is -2.08. The molecule has 1 aromatic heterocycles. The van der Waals surface area contributed by atoms with Crippen LogP contribution >= 0.6 is 11.3 Å². The first-order chi connectivity index (χ1) is 11.5. The Balaban J connectivity index is 1.74. The highest BCUT2D eigenvalue weighted by Crippen LogP contribution is 2.15. The molecule has 0 unspecified atom stereocenters. The highest BCUT2D eigenvalue weighted by atomic mass is 32.1. The third-order valence-electron chi connectivity index (χ3n) is 3.03. The minimum Gasteiger partial charge on any atom is -0.456 e. The summed E-state index contributed by atoms with van der Waals surface area (Å²) in [6.45, 7) is 1.06. The van der Waals surface area contributed by atoms with Gasteiger partial charge in [-0.1, -0.05) is 6.07 Å². The lowest BCUT2D eigenvalue weighted by molar-refractivity contribution is -0.147. The van der Waals surface area contributed by atoms with Gasteiger partial charge in [0.05, 0.1) is 0 Å². The van der Waals surface area contributed by atoms with Crippen LogP contribution in [0, 0.1) is 0 Å². The molecule has 2 rings (SSSR count). The number of thiophene rings is 1. The average molecular weight is 346 g/mol. The van der Waals surface area contributed by atoms with Crippen molar-refractivity contribution in [2.45, 2.75) is 19.8 Å². The molecule has 0 aliphatic heterocycles. The maximum absolute atomic E-state index is 11.8. The van der Waals surface area contributed by atoms with E-state index in [1.807, 2.05) is 16.8 Å². The smallest absolute Gasteiger partial charge is 0.306 e. The first-order valence-electron chi connectivity index (χ1n) is 7.37. The molecular formula is C17H18N2O4S. The average Bonchev–Trinajstić information content (AvgIpc) is 3.04. The van der Waals surface area contributed by atoms with Gasteiger partial charge in [-0.15, -0.1) is 0 Å². The van der Waals surface area contributed by atoms with E-state index < -0.39 is 11.9 Å². The minimum atomic E-state index is -0.432. The van der Waals surface area contributed by atoms with Crippen LogP contribution in [0.4, 0.5) is 11.4 Å². The van der Waals surface area contributed by atoms with Crippen LogP contribution in [0.25, 0.3) is 0 Å². The maximum Gasteiger partial charge on any atom is 0.306 e. The van der Waals surface area contributed by atoms with E-state index in [0.717, 1.165) is 5.56 Å². The van der Waals surface area contributed by atoms with Crippen LogP contribution in [0.1, 0.15) is 18.9 Å². The summed E-state index contributed by atoms with van der Waals surface area (Å²) in [7, 11) is 0. The fourth-order valence-corrected chi connectivity index (χ4v) is 2.68. The topological polar surface area (TPSA) is 84.5 Å². The number of amides is 2. The molecule has 2 aromatic rings. The lowest BCUT2D eigenvalue weighted by atomic mass is 10.2. The summed E-state index contributed by atoms with van der Waals surface area (Å²) < 4.78 is 4.95. The van der Waals surface area contributed by atoms with E-state index in [2.05, 4.69) is 10.6 Å². The Labute approximate surface area is 143 Å². The molecule has 0 fully saturated rings. The van der Waals surface area contributed by atoms with Crippen molar-refractivity contribution in [2.75, 3.05) is 17.2 Å². The van der Waals surface area contributed by atoms with Gasteiger partial charge in [0, 0.05) is 24.7 Å². The molecule has 0 saturated heterocycles. The zero-order valence-corrected chi connectivity index (χ0v) is 14.0. The first-order valence-corrected chi connectivity index (χ1v) is 8.31. The Kier molecular flexibility index (Phi) is 6.51. The van der Waals surface area contributed by atoms with Gasteiger partial charge in [0.2, 0.25) is 5.91 Å². The standard InChI is InChI=1S/C17H18N2O4S/c1-12(20)18-14-3-2-4-15(9-14)19-16(21)10-23-17(22)6-5-13-7-8-24-11-13/h2-4,7-9,11H,5-6,10H2,1H3,(H,18,20)(H,19,21). The van der Waals surface area contributed by atoms with E-state index in [0.29, 0.717) is 17.8 Å². The molecule has 0 spiro atoms. The summed E-state index contributed by atoms with van der Waals surface area (Å²) in [5.41, 5.74) is 2.17. The predicted molar refractivity (Wildman–Crippen MR) is 93.0 cm³/mol. The Morgan fingerprint density at radius 3 is 2.54 bits per heavy atom. The van der Waals surface area contributed by atoms with E-state index in [-0.39, 0.29) is 18.9 Å². The van der Waals surface area contributed by atoms with Crippen LogP contribution in [-0.4, -0.2) is 24.4 Å². The van der Waals surface area contributed by atoms with Crippen molar-refractivity contribution in [1.29, 1.82) is 0 Å². The third kappa shape index (κ3) is 6.21. The van der Waals surface area contributed by atoms with Crippen LogP contribution in [-0.2, 0) is 25.5 Å². The lowest BCUT2D eigenvalue weighted by Crippen LogP contribution is -2.21. The van der Waals surface area contributed by atoms with Gasteiger partial charge < -0.3 is 15.4 Å². The fraction of sp³-hybridized carbons (Fsp3) is 0.235. The number of anilines is 2. The van der Waals surface area contributed by atoms with Gasteiger partial charge in [0.15, 0.2) is 6.61 Å². The Morgan fingerprint density at radius 2 is 1.88 bits per heavy atom. The molecule has 7 heteroatoms. The van der Waals surface area contributed by atoms with Crippen LogP contribution in [0.5, 0.6) is 0 Å². The van der Waals surface area contributed by atoms with E-state index in [1.165, 1.54) is 6.92 Å². The molecule has 0 aliphatic carbocycles. The number of hydrogen-bond acceptors (Lipinski definition) is 5. The number of carbonyl (C=O) groups is 3. The van der Waals surface area contributed by atoms with Gasteiger partial charge in [-0.05, 0) is 47.0 Å². The minimum absolute atomic E-state index is 0.196. The molecular weight excluding hydrogens is 328 g/mol. The molecule has 2 N–H and O–H groups in total. The Hall–Kier alpha value is -2.67. The number of carbonyl (C=O) groups excluding carboxylic acids is 3. The summed E-state index contributed by atoms with van der Waals surface area (Å²) in [4.78, 5) is 34.4. The van der Waals surface area contributed by atoms with Crippen molar-refractivity contribution in [1.82, 2.24) is 0 Å². The first kappa shape index (κ1) is 17.7. The van der Waals surface area contributed by atoms with E-state index >= 15 is 0 Å². The molecule has 0 radical (unpaired) electrons. The third-order valence-corrected chi connectivity index (χ3v) is 3.76. The van der Waals surface area contributed by atoms with Crippen LogP contribution in [0.3, 0.4) is 0 Å². The van der Waals surface area contributed by atoms with Gasteiger partial charge in [0.1, 0.15) is 0 Å². The van der Waals surface area contributed by atoms with Crippen LogP contribution < -0.4 is 10.6 Å². The number of hydrogen-bond donors (Lipinski definition) is 2. The molecule has 1 aromatic carbocycles. The summed E-state index contributed by atoms with van der Waals surface area (Å²) in [6.07, 6.45) is 0.838. The zero-order valence-electron chi connectivity index (χ0n) is 13.2. The molecule has 0 aliphatic rings. The van der Waals surface area contributed by atoms with E-state index in [4.69, 9.17) is 4.74 Å². The van der Waals surface area contributed by atoms with Crippen LogP contribution in [0.15, 0.2) is 41.1 Å². The zero-order chi connectivity index (χ0) is 17.4. The van der Waals surface area contributed by atoms with E-state index in [1.54, 1.807) is 35.6 Å². The van der Waals surface area contributed by atoms with Crippen molar-refractivity contribution >= 4 is 40.5 Å². The highest BCUT2D eigenvalue weighted by molar-refractivity contribution is 7.07. The van der Waals surface area contributed by atoms with Gasteiger partial charge in [0.25, 0.3) is 5.91 Å². The Bertz CT molecular complexity index is 713. The fourth-order valence-electron chi connectivity index (χ4n) is 1.97. The number of esters is 1. The number of aryl methyl sites for hydroxylation is 1. The second-order valence-corrected chi connectivity index (χ2v) is 5.88. The number of nitrogens with one attached hydrogen (secondary N) is 2. The molecule has 0 saturated carbocycles. The maximum atomic E-state index is 11.8. The molecule has 1 heterocycles. The predicted octanol–water partition coefficient (Wildman–Crippen LogP) is 2.82. The summed E-state index contributed by atoms with van der Waals surface area (Å²) >= 11 is 1.57. The van der Waals surface area contributed by atoms with Gasteiger partial charge in [-0.3, -0.25) is 14.4 Å². The largest absolute Gasteiger partial charge is 0.456 e. The molecule has 2 amide bonds. The monoisotopic (exact) mass is 346 g/mol.